The van der Waals surface area contributed by atoms with Gasteiger partial charge in [0.25, 0.3) is 0 Å². The van der Waals surface area contributed by atoms with Crippen molar-refractivity contribution in [2.24, 2.45) is 0 Å². The highest BCUT2D eigenvalue weighted by atomic mass is 79.9. The van der Waals surface area contributed by atoms with E-state index in [4.69, 9.17) is 4.74 Å². The summed E-state index contributed by atoms with van der Waals surface area (Å²) >= 11 is 3.41. The first-order valence-electron chi connectivity index (χ1n) is 6.37. The van der Waals surface area contributed by atoms with Crippen LogP contribution in [0, 0.1) is 13.8 Å². The topological polar surface area (TPSA) is 44.1 Å². The highest BCUT2D eigenvalue weighted by Crippen LogP contribution is 2.22. The van der Waals surface area contributed by atoms with E-state index in [1.165, 1.54) is 0 Å². The molecule has 20 heavy (non-hydrogen) atoms. The van der Waals surface area contributed by atoms with Gasteiger partial charge in [0, 0.05) is 12.7 Å². The average Bonchev–Trinajstić information content (AvgIpc) is 2.80. The number of methoxy groups -OCH3 is 1. The van der Waals surface area contributed by atoms with Gasteiger partial charge in [-0.25, -0.2) is 0 Å². The number of ether oxygens (including phenoxy) is 1. The third-order valence-corrected chi connectivity index (χ3v) is 3.95. The van der Waals surface area contributed by atoms with Crippen molar-refractivity contribution in [1.82, 2.24) is 9.78 Å². The van der Waals surface area contributed by atoms with Gasteiger partial charge in [0.05, 0.1) is 23.8 Å². The lowest BCUT2D eigenvalue weighted by Crippen LogP contribution is -2.15. The first kappa shape index (κ1) is 14.9. The van der Waals surface area contributed by atoms with Gasteiger partial charge in [0.15, 0.2) is 0 Å². The number of rotatable bonds is 5. The van der Waals surface area contributed by atoms with E-state index in [2.05, 4.69) is 21.0 Å². The van der Waals surface area contributed by atoms with Crippen LogP contribution < -0.4 is 0 Å². The first-order chi connectivity index (χ1) is 9.56. The van der Waals surface area contributed by atoms with Crippen molar-refractivity contribution < 1.29 is 9.53 Å². The van der Waals surface area contributed by atoms with E-state index in [9.17, 15) is 4.79 Å². The molecule has 1 heterocycles. The van der Waals surface area contributed by atoms with Crippen molar-refractivity contribution in [3.8, 4) is 0 Å². The maximum absolute atomic E-state index is 12.8. The molecule has 0 fully saturated rings. The summed E-state index contributed by atoms with van der Waals surface area (Å²) in [5.41, 5.74) is 3.39. The summed E-state index contributed by atoms with van der Waals surface area (Å²) in [5.74, 6) is -0.0216. The fourth-order valence-electron chi connectivity index (χ4n) is 2.06. The Kier molecular flexibility index (Phi) is 4.73. The predicted molar refractivity (Wildman–Crippen MR) is 81.2 cm³/mol. The van der Waals surface area contributed by atoms with E-state index in [1.54, 1.807) is 18.0 Å². The standard InChI is InChI=1S/C15H17BrN2O2/c1-10-5-4-6-12(11(10)2)15(19)14-13(16)9-17-18(14)7-8-20-3/h4-6,9H,7-8H2,1-3H3. The number of aryl methyl sites for hydroxylation is 1. The quantitative estimate of drug-likeness (QED) is 0.788. The van der Waals surface area contributed by atoms with Crippen molar-refractivity contribution in [1.29, 1.82) is 0 Å². The molecular weight excluding hydrogens is 320 g/mol. The Hall–Kier alpha value is -1.46. The number of carbonyl (C=O) groups is 1. The third kappa shape index (κ3) is 2.83. The van der Waals surface area contributed by atoms with Crippen LogP contribution in [0.15, 0.2) is 28.9 Å². The van der Waals surface area contributed by atoms with Crippen LogP contribution in [-0.2, 0) is 11.3 Å². The number of halogens is 1. The van der Waals surface area contributed by atoms with Gasteiger partial charge in [-0.15, -0.1) is 0 Å². The summed E-state index contributed by atoms with van der Waals surface area (Å²) in [5, 5.41) is 4.22. The lowest BCUT2D eigenvalue weighted by Gasteiger charge is -2.10. The molecule has 0 spiro atoms. The van der Waals surface area contributed by atoms with Gasteiger partial charge in [-0.2, -0.15) is 5.10 Å². The first-order valence-corrected chi connectivity index (χ1v) is 7.16. The maximum Gasteiger partial charge on any atom is 0.212 e. The van der Waals surface area contributed by atoms with Gasteiger partial charge < -0.3 is 4.74 Å². The van der Waals surface area contributed by atoms with Crippen LogP contribution in [0.4, 0.5) is 0 Å². The van der Waals surface area contributed by atoms with Gasteiger partial charge in [-0.05, 0) is 40.9 Å². The van der Waals surface area contributed by atoms with Gasteiger partial charge >= 0.3 is 0 Å². The SMILES string of the molecule is COCCn1ncc(Br)c1C(=O)c1cccc(C)c1C. The van der Waals surface area contributed by atoms with Gasteiger partial charge in [0.1, 0.15) is 5.69 Å². The molecule has 106 valence electrons. The van der Waals surface area contributed by atoms with Gasteiger partial charge in [-0.1, -0.05) is 18.2 Å². The van der Waals surface area contributed by atoms with Crippen LogP contribution in [0.1, 0.15) is 27.2 Å². The maximum atomic E-state index is 12.8. The zero-order chi connectivity index (χ0) is 14.7. The Morgan fingerprint density at radius 3 is 2.85 bits per heavy atom. The highest BCUT2D eigenvalue weighted by Gasteiger charge is 2.20. The minimum Gasteiger partial charge on any atom is -0.383 e. The van der Waals surface area contributed by atoms with Crippen molar-refractivity contribution in [2.75, 3.05) is 13.7 Å². The second kappa shape index (κ2) is 6.33. The number of ketones is 1. The molecule has 0 amide bonds. The molecule has 0 saturated heterocycles. The van der Waals surface area contributed by atoms with E-state index in [-0.39, 0.29) is 5.78 Å². The van der Waals surface area contributed by atoms with Crippen molar-refractivity contribution in [3.05, 3.63) is 51.3 Å². The second-order valence-corrected chi connectivity index (χ2v) is 5.49. The van der Waals surface area contributed by atoms with Crippen LogP contribution in [0.25, 0.3) is 0 Å². The van der Waals surface area contributed by atoms with E-state index in [1.807, 2.05) is 32.0 Å². The lowest BCUT2D eigenvalue weighted by atomic mass is 9.99. The van der Waals surface area contributed by atoms with Gasteiger partial charge in [-0.3, -0.25) is 9.48 Å². The van der Waals surface area contributed by atoms with Crippen LogP contribution in [0.3, 0.4) is 0 Å². The Labute approximate surface area is 126 Å². The summed E-state index contributed by atoms with van der Waals surface area (Å²) in [4.78, 5) is 12.8. The normalized spacial score (nSPS) is 10.8. The fraction of sp³-hybridized carbons (Fsp3) is 0.333. The van der Waals surface area contributed by atoms with Crippen molar-refractivity contribution >= 4 is 21.7 Å². The smallest absolute Gasteiger partial charge is 0.212 e. The summed E-state index contributed by atoms with van der Waals surface area (Å²) < 4.78 is 7.44. The minimum absolute atomic E-state index is 0.0216. The molecule has 4 nitrogen and oxygen atoms in total. The molecule has 1 aromatic heterocycles. The molecule has 1 aromatic carbocycles. The molecular formula is C15H17BrN2O2. The molecule has 5 heteroatoms. The van der Waals surface area contributed by atoms with Crippen LogP contribution in [0.2, 0.25) is 0 Å². The molecule has 0 saturated carbocycles. The van der Waals surface area contributed by atoms with Crippen LogP contribution >= 0.6 is 15.9 Å². The zero-order valence-corrected chi connectivity index (χ0v) is 13.4. The molecule has 2 aromatic rings. The lowest BCUT2D eigenvalue weighted by molar-refractivity contribution is 0.102. The van der Waals surface area contributed by atoms with Gasteiger partial charge in [0.2, 0.25) is 5.78 Å². The van der Waals surface area contributed by atoms with E-state index < -0.39 is 0 Å². The minimum atomic E-state index is -0.0216. The molecule has 0 N–H and O–H groups in total. The Bertz CT molecular complexity index is 635. The average molecular weight is 337 g/mol. The van der Waals surface area contributed by atoms with Crippen molar-refractivity contribution in [3.63, 3.8) is 0 Å². The third-order valence-electron chi connectivity index (χ3n) is 3.37. The van der Waals surface area contributed by atoms with E-state index in [0.29, 0.717) is 28.9 Å². The van der Waals surface area contributed by atoms with E-state index in [0.717, 1.165) is 11.1 Å². The summed E-state index contributed by atoms with van der Waals surface area (Å²) in [6, 6.07) is 5.76. The Balaban J connectivity index is 2.43. The number of benzene rings is 1. The fourth-order valence-corrected chi connectivity index (χ4v) is 2.54. The number of hydrogen-bond acceptors (Lipinski definition) is 3. The highest BCUT2D eigenvalue weighted by molar-refractivity contribution is 9.10. The summed E-state index contributed by atoms with van der Waals surface area (Å²) in [6.07, 6.45) is 1.65. The van der Waals surface area contributed by atoms with Crippen LogP contribution in [-0.4, -0.2) is 29.3 Å². The number of nitrogens with zero attached hydrogens (tertiary/aromatic N) is 2. The van der Waals surface area contributed by atoms with Crippen LogP contribution in [0.5, 0.6) is 0 Å². The second-order valence-electron chi connectivity index (χ2n) is 4.63. The Morgan fingerprint density at radius 2 is 2.15 bits per heavy atom. The molecule has 0 aliphatic carbocycles. The molecule has 2 rings (SSSR count). The monoisotopic (exact) mass is 336 g/mol. The Morgan fingerprint density at radius 1 is 1.40 bits per heavy atom. The molecule has 0 aliphatic heterocycles. The summed E-state index contributed by atoms with van der Waals surface area (Å²) in [7, 11) is 1.63. The zero-order valence-electron chi connectivity index (χ0n) is 11.8. The largest absolute Gasteiger partial charge is 0.383 e. The molecule has 0 atom stereocenters. The molecule has 0 bridgehead atoms. The van der Waals surface area contributed by atoms with E-state index >= 15 is 0 Å². The predicted octanol–water partition coefficient (Wildman–Crippen LogP) is 3.14. The molecule has 0 aliphatic rings. The molecule has 0 radical (unpaired) electrons. The molecule has 0 unspecified atom stereocenters. The number of carbonyl (C=O) groups excluding carboxylic acids is 1. The number of aromatic nitrogens is 2. The van der Waals surface area contributed by atoms with Crippen molar-refractivity contribution in [2.45, 2.75) is 20.4 Å². The number of hydrogen-bond donors (Lipinski definition) is 0. The summed E-state index contributed by atoms with van der Waals surface area (Å²) in [6.45, 7) is 5.03.